The van der Waals surface area contributed by atoms with Crippen LogP contribution in [0.25, 0.3) is 0 Å². The Labute approximate surface area is 145 Å². The molecule has 2 aliphatic carbocycles. The molecule has 3 rings (SSSR count). The predicted octanol–water partition coefficient (Wildman–Crippen LogP) is 3.78. The number of aliphatic carboxylic acids is 1. The Balaban J connectivity index is 1.74. The number of carboxylic acid groups (broad SMARTS) is 1. The van der Waals surface area contributed by atoms with Gasteiger partial charge in [0, 0.05) is 6.04 Å². The van der Waals surface area contributed by atoms with Gasteiger partial charge in [0.2, 0.25) is 5.91 Å². The van der Waals surface area contributed by atoms with Crippen LogP contribution in [-0.4, -0.2) is 23.0 Å². The maximum absolute atomic E-state index is 12.8. The molecule has 0 bridgehead atoms. The smallest absolute Gasteiger partial charge is 0.306 e. The van der Waals surface area contributed by atoms with Crippen molar-refractivity contribution in [1.82, 2.24) is 5.32 Å². The van der Waals surface area contributed by atoms with Crippen molar-refractivity contribution in [2.24, 2.45) is 5.92 Å². The first-order chi connectivity index (χ1) is 10.9. The van der Waals surface area contributed by atoms with Crippen LogP contribution < -0.4 is 5.32 Å². The molecule has 0 aromatic heterocycles. The molecule has 1 amide bonds. The van der Waals surface area contributed by atoms with Gasteiger partial charge >= 0.3 is 5.97 Å². The van der Waals surface area contributed by atoms with Crippen molar-refractivity contribution in [2.75, 3.05) is 0 Å². The summed E-state index contributed by atoms with van der Waals surface area (Å²) in [7, 11) is 0. The van der Waals surface area contributed by atoms with E-state index in [1.807, 2.05) is 6.07 Å². The molecule has 23 heavy (non-hydrogen) atoms. The summed E-state index contributed by atoms with van der Waals surface area (Å²) in [5.74, 6) is -1.13. The molecule has 0 saturated heterocycles. The number of nitrogens with one attached hydrogen (secondary N) is 1. The third-order valence-corrected chi connectivity index (χ3v) is 5.97. The maximum atomic E-state index is 12.8. The van der Waals surface area contributed by atoms with Crippen molar-refractivity contribution in [2.45, 2.75) is 50.0 Å². The average molecular weight is 356 g/mol. The van der Waals surface area contributed by atoms with Crippen LogP contribution in [0, 0.1) is 5.92 Å². The van der Waals surface area contributed by atoms with Gasteiger partial charge in [0.05, 0.1) is 21.4 Å². The highest BCUT2D eigenvalue weighted by Gasteiger charge is 2.46. The molecule has 2 N–H and O–H groups in total. The van der Waals surface area contributed by atoms with Crippen LogP contribution in [0.1, 0.15) is 44.1 Å². The van der Waals surface area contributed by atoms with Crippen LogP contribution in [0.3, 0.4) is 0 Å². The van der Waals surface area contributed by atoms with E-state index in [-0.39, 0.29) is 17.9 Å². The number of hydrogen-bond acceptors (Lipinski definition) is 2. The molecule has 4 nitrogen and oxygen atoms in total. The first-order valence-electron chi connectivity index (χ1n) is 7.92. The number of amides is 1. The topological polar surface area (TPSA) is 66.4 Å². The van der Waals surface area contributed by atoms with E-state index >= 15 is 0 Å². The van der Waals surface area contributed by atoms with Gasteiger partial charge in [-0.1, -0.05) is 35.7 Å². The summed E-state index contributed by atoms with van der Waals surface area (Å²) in [5, 5.41) is 13.1. The third kappa shape index (κ3) is 3.07. The lowest BCUT2D eigenvalue weighted by molar-refractivity contribution is -0.141. The van der Waals surface area contributed by atoms with Crippen LogP contribution in [0.4, 0.5) is 0 Å². The van der Waals surface area contributed by atoms with Gasteiger partial charge in [-0.15, -0.1) is 0 Å². The summed E-state index contributed by atoms with van der Waals surface area (Å²) in [4.78, 5) is 23.9. The molecular formula is C17H19Cl2NO3. The van der Waals surface area contributed by atoms with E-state index in [0.29, 0.717) is 22.9 Å². The number of hydrogen-bond donors (Lipinski definition) is 2. The van der Waals surface area contributed by atoms with Crippen molar-refractivity contribution < 1.29 is 14.7 Å². The largest absolute Gasteiger partial charge is 0.481 e. The number of rotatable bonds is 4. The van der Waals surface area contributed by atoms with Gasteiger partial charge in [-0.05, 0) is 49.8 Å². The minimum atomic E-state index is -0.774. The summed E-state index contributed by atoms with van der Waals surface area (Å²) in [6.07, 6.45) is 4.42. The lowest BCUT2D eigenvalue weighted by atomic mass is 9.63. The van der Waals surface area contributed by atoms with Crippen LogP contribution in [0.2, 0.25) is 10.0 Å². The zero-order valence-electron chi connectivity index (χ0n) is 12.6. The second kappa shape index (κ2) is 6.33. The lowest BCUT2D eigenvalue weighted by Crippen LogP contribution is -2.51. The molecule has 6 heteroatoms. The molecule has 0 aliphatic heterocycles. The highest BCUT2D eigenvalue weighted by Crippen LogP contribution is 2.45. The summed E-state index contributed by atoms with van der Waals surface area (Å²) >= 11 is 12.1. The summed E-state index contributed by atoms with van der Waals surface area (Å²) in [5.41, 5.74) is 0.346. The average Bonchev–Trinajstić information content (AvgIpc) is 2.90. The molecular weight excluding hydrogens is 337 g/mol. The Bertz CT molecular complexity index is 643. The van der Waals surface area contributed by atoms with Gasteiger partial charge in [0.15, 0.2) is 0 Å². The van der Waals surface area contributed by atoms with Crippen molar-refractivity contribution in [3.05, 3.63) is 33.8 Å². The highest BCUT2D eigenvalue weighted by atomic mass is 35.5. The first-order valence-corrected chi connectivity index (χ1v) is 8.67. The fourth-order valence-electron chi connectivity index (χ4n) is 3.63. The maximum Gasteiger partial charge on any atom is 0.306 e. The van der Waals surface area contributed by atoms with Crippen molar-refractivity contribution in [1.29, 1.82) is 0 Å². The van der Waals surface area contributed by atoms with E-state index in [2.05, 4.69) is 5.32 Å². The number of carbonyl (C=O) groups is 2. The van der Waals surface area contributed by atoms with Gasteiger partial charge in [-0.3, -0.25) is 9.59 Å². The quantitative estimate of drug-likeness (QED) is 0.863. The molecule has 0 radical (unpaired) electrons. The Kier molecular flexibility index (Phi) is 4.56. The Morgan fingerprint density at radius 1 is 1.17 bits per heavy atom. The zero-order chi connectivity index (χ0) is 16.6. The van der Waals surface area contributed by atoms with Crippen LogP contribution in [-0.2, 0) is 15.0 Å². The minimum Gasteiger partial charge on any atom is -0.481 e. The van der Waals surface area contributed by atoms with Crippen LogP contribution in [0.5, 0.6) is 0 Å². The molecule has 2 fully saturated rings. The molecule has 2 aliphatic rings. The second-order valence-electron chi connectivity index (χ2n) is 6.58. The molecule has 1 aromatic carbocycles. The molecule has 0 spiro atoms. The molecule has 0 heterocycles. The van der Waals surface area contributed by atoms with Gasteiger partial charge in [-0.2, -0.15) is 0 Å². The molecule has 124 valence electrons. The van der Waals surface area contributed by atoms with Gasteiger partial charge < -0.3 is 10.4 Å². The van der Waals surface area contributed by atoms with E-state index in [0.717, 1.165) is 31.2 Å². The minimum absolute atomic E-state index is 0.0156. The van der Waals surface area contributed by atoms with E-state index in [1.165, 1.54) is 0 Å². The van der Waals surface area contributed by atoms with Crippen molar-refractivity contribution >= 4 is 35.1 Å². The van der Waals surface area contributed by atoms with Gasteiger partial charge in [-0.25, -0.2) is 0 Å². The normalized spacial score (nSPS) is 25.7. The van der Waals surface area contributed by atoms with E-state index in [1.54, 1.807) is 12.1 Å². The van der Waals surface area contributed by atoms with Crippen LogP contribution in [0.15, 0.2) is 18.2 Å². The SMILES string of the molecule is O=C(O)[C@@H]1CC[C@H](NC(=O)C2(c3ccc(Cl)c(Cl)c3)CCC2)C1. The molecule has 2 atom stereocenters. The van der Waals surface area contributed by atoms with E-state index in [9.17, 15) is 9.59 Å². The Morgan fingerprint density at radius 3 is 2.43 bits per heavy atom. The number of halogens is 2. The first kappa shape index (κ1) is 16.6. The molecule has 1 aromatic rings. The van der Waals surface area contributed by atoms with Gasteiger partial charge in [0.1, 0.15) is 0 Å². The predicted molar refractivity (Wildman–Crippen MR) is 88.9 cm³/mol. The fraction of sp³-hybridized carbons (Fsp3) is 0.529. The number of carbonyl (C=O) groups excluding carboxylic acids is 1. The summed E-state index contributed by atoms with van der Waals surface area (Å²) < 4.78 is 0. The molecule has 2 saturated carbocycles. The lowest BCUT2D eigenvalue weighted by Gasteiger charge is -2.41. The number of carboxylic acids is 1. The van der Waals surface area contributed by atoms with Gasteiger partial charge in [0.25, 0.3) is 0 Å². The molecule has 0 unspecified atom stereocenters. The fourth-order valence-corrected chi connectivity index (χ4v) is 3.93. The summed E-state index contributed by atoms with van der Waals surface area (Å²) in [6, 6.07) is 5.31. The monoisotopic (exact) mass is 355 g/mol. The standard InChI is InChI=1S/C17H19Cl2NO3/c18-13-5-3-11(9-14(13)19)17(6-1-7-17)16(23)20-12-4-2-10(8-12)15(21)22/h3,5,9-10,12H,1-2,4,6-8H2,(H,20,23)(H,21,22)/t10-,12+/m1/s1. The van der Waals surface area contributed by atoms with Crippen molar-refractivity contribution in [3.8, 4) is 0 Å². The Hall–Kier alpha value is -1.26. The second-order valence-corrected chi connectivity index (χ2v) is 7.40. The Morgan fingerprint density at radius 2 is 1.91 bits per heavy atom. The van der Waals surface area contributed by atoms with E-state index in [4.69, 9.17) is 28.3 Å². The number of benzene rings is 1. The summed E-state index contributed by atoms with van der Waals surface area (Å²) in [6.45, 7) is 0. The third-order valence-electron chi connectivity index (χ3n) is 5.23. The van der Waals surface area contributed by atoms with E-state index < -0.39 is 11.4 Å². The zero-order valence-corrected chi connectivity index (χ0v) is 14.2. The highest BCUT2D eigenvalue weighted by molar-refractivity contribution is 6.42. The van der Waals surface area contributed by atoms with Crippen molar-refractivity contribution in [3.63, 3.8) is 0 Å². The van der Waals surface area contributed by atoms with Crippen LogP contribution >= 0.6 is 23.2 Å².